The van der Waals surface area contributed by atoms with Crippen LogP contribution in [0.2, 0.25) is 0 Å². The van der Waals surface area contributed by atoms with Gasteiger partial charge < -0.3 is 20.1 Å². The van der Waals surface area contributed by atoms with Crippen LogP contribution in [0.4, 0.5) is 11.4 Å². The Morgan fingerprint density at radius 1 is 1.25 bits per heavy atom. The maximum absolute atomic E-state index is 13.9. The summed E-state index contributed by atoms with van der Waals surface area (Å²) in [6.45, 7) is 3.68. The fourth-order valence-corrected chi connectivity index (χ4v) is 6.33. The van der Waals surface area contributed by atoms with Gasteiger partial charge in [0.05, 0.1) is 28.8 Å². The maximum Gasteiger partial charge on any atom is 0.346 e. The molecule has 0 radical (unpaired) electrons. The molecule has 2 aliphatic rings. The molecule has 0 fully saturated rings. The summed E-state index contributed by atoms with van der Waals surface area (Å²) in [5.41, 5.74) is 0.134. The number of fused-ring (bicyclic) bond motifs is 2. The zero-order chi connectivity index (χ0) is 26.5. The van der Waals surface area contributed by atoms with E-state index in [0.717, 1.165) is 6.26 Å². The molecule has 192 valence electrons. The Morgan fingerprint density at radius 2 is 1.94 bits per heavy atom. The van der Waals surface area contributed by atoms with E-state index in [0.29, 0.717) is 24.0 Å². The summed E-state index contributed by atoms with van der Waals surface area (Å²) < 4.78 is 47.9. The number of ketones is 1. The topological polar surface area (TPSA) is 154 Å². The highest BCUT2D eigenvalue weighted by atomic mass is 32.2. The van der Waals surface area contributed by atoms with Gasteiger partial charge in [-0.25, -0.2) is 8.42 Å². The number of Topliss-reactive ketones (excluding diaryl/α,β-unsaturated/α-hetero) is 1. The van der Waals surface area contributed by atoms with E-state index in [2.05, 4.69) is 14.8 Å². The normalized spacial score (nSPS) is 24.4. The first-order chi connectivity index (χ1) is 16.8. The third-order valence-electron chi connectivity index (χ3n) is 6.54. The van der Waals surface area contributed by atoms with E-state index in [1.165, 1.54) is 18.2 Å². The lowest BCUT2D eigenvalue weighted by Crippen LogP contribution is -2.43. The van der Waals surface area contributed by atoms with E-state index < -0.39 is 28.7 Å². The molecule has 3 unspecified atom stereocenters. The summed E-state index contributed by atoms with van der Waals surface area (Å²) in [5, 5.41) is 13.9. The van der Waals surface area contributed by atoms with Gasteiger partial charge in [0.2, 0.25) is 10.0 Å². The molecule has 36 heavy (non-hydrogen) atoms. The largest absolute Gasteiger partial charge is 0.506 e. The zero-order valence-electron chi connectivity index (χ0n) is 20.3. The van der Waals surface area contributed by atoms with E-state index in [1.807, 2.05) is 6.92 Å². The summed E-state index contributed by atoms with van der Waals surface area (Å²) >= 11 is 0. The number of ether oxygens (including phenoxy) is 1. The number of benzene rings is 2. The lowest BCUT2D eigenvalue weighted by molar-refractivity contribution is -0.120. The van der Waals surface area contributed by atoms with Crippen LogP contribution in [0, 0.1) is 0 Å². The van der Waals surface area contributed by atoms with Crippen LogP contribution >= 0.6 is 7.52 Å². The summed E-state index contributed by atoms with van der Waals surface area (Å²) in [4.78, 5) is 24.7. The van der Waals surface area contributed by atoms with Gasteiger partial charge in [0.1, 0.15) is 17.2 Å². The summed E-state index contributed by atoms with van der Waals surface area (Å²) in [7, 11) is -6.45. The Bertz CT molecular complexity index is 1470. The average Bonchev–Trinajstić information content (AvgIpc) is 2.80. The van der Waals surface area contributed by atoms with Gasteiger partial charge in [-0.2, -0.15) is 4.76 Å². The number of rotatable bonds is 7. The van der Waals surface area contributed by atoms with E-state index in [-0.39, 0.29) is 40.0 Å². The minimum absolute atomic E-state index is 0.0931. The summed E-state index contributed by atoms with van der Waals surface area (Å²) in [6.07, 6.45) is 1.84. The van der Waals surface area contributed by atoms with Crippen molar-refractivity contribution in [3.8, 4) is 0 Å². The highest BCUT2D eigenvalue weighted by Gasteiger charge is 2.47. The van der Waals surface area contributed by atoms with Crippen molar-refractivity contribution in [2.24, 2.45) is 4.76 Å². The summed E-state index contributed by atoms with van der Waals surface area (Å²) in [5.74, 6) is -0.995. The molecule has 4 rings (SSSR count). The first-order valence-corrected chi connectivity index (χ1v) is 14.7. The van der Waals surface area contributed by atoms with Crippen LogP contribution in [-0.2, 0) is 29.5 Å². The molecule has 0 spiro atoms. The molecule has 12 heteroatoms. The van der Waals surface area contributed by atoms with Crippen molar-refractivity contribution in [3.63, 3.8) is 0 Å². The Morgan fingerprint density at radius 3 is 2.61 bits per heavy atom. The van der Waals surface area contributed by atoms with Crippen LogP contribution in [0.1, 0.15) is 37.8 Å². The van der Waals surface area contributed by atoms with Crippen molar-refractivity contribution in [2.45, 2.75) is 38.2 Å². The van der Waals surface area contributed by atoms with E-state index >= 15 is 0 Å². The second-order valence-electron chi connectivity index (χ2n) is 9.24. The lowest BCUT2D eigenvalue weighted by atomic mass is 9.67. The molecular formula is C24H28N3O7PS. The third kappa shape index (κ3) is 4.71. The minimum Gasteiger partial charge on any atom is -0.506 e. The molecule has 0 bridgehead atoms. The molecular weight excluding hydrogens is 505 g/mol. The third-order valence-corrected chi connectivity index (χ3v) is 8.61. The highest BCUT2D eigenvalue weighted by molar-refractivity contribution is 7.92. The highest BCUT2D eigenvalue weighted by Crippen LogP contribution is 2.49. The second-order valence-corrected chi connectivity index (χ2v) is 12.8. The molecule has 3 atom stereocenters. The molecule has 0 saturated carbocycles. The van der Waals surface area contributed by atoms with Crippen LogP contribution in [0.3, 0.4) is 0 Å². The van der Waals surface area contributed by atoms with Gasteiger partial charge in [-0.3, -0.25) is 14.1 Å². The van der Waals surface area contributed by atoms with Gasteiger partial charge in [0, 0.05) is 18.4 Å². The number of amidine groups is 1. The number of nitrogens with zero attached hydrogens (tertiary/aromatic N) is 1. The number of aliphatic hydroxyl groups is 1. The van der Waals surface area contributed by atoms with E-state index in [9.17, 15) is 27.8 Å². The van der Waals surface area contributed by atoms with Gasteiger partial charge in [0.25, 0.3) is 0 Å². The van der Waals surface area contributed by atoms with Crippen molar-refractivity contribution in [1.29, 1.82) is 0 Å². The molecule has 2 aromatic rings. The number of hydrogen-bond donors (Lipinski definition) is 4. The molecule has 0 amide bonds. The van der Waals surface area contributed by atoms with Gasteiger partial charge in [0.15, 0.2) is 5.78 Å². The summed E-state index contributed by atoms with van der Waals surface area (Å²) in [6, 6.07) is 11.0. The smallest absolute Gasteiger partial charge is 0.346 e. The van der Waals surface area contributed by atoms with Crippen LogP contribution in [0.15, 0.2) is 52.8 Å². The van der Waals surface area contributed by atoms with Gasteiger partial charge in [-0.1, -0.05) is 24.3 Å². The van der Waals surface area contributed by atoms with E-state index in [1.54, 1.807) is 38.3 Å². The number of carbonyl (C=O) groups excluding carboxylic acids is 1. The number of nitrogens with one attached hydrogen (secondary N) is 2. The first kappa shape index (κ1) is 26.1. The molecule has 2 aromatic carbocycles. The molecule has 1 aliphatic carbocycles. The van der Waals surface area contributed by atoms with Gasteiger partial charge >= 0.3 is 7.52 Å². The Labute approximate surface area is 209 Å². The Hall–Kier alpha value is -2.98. The van der Waals surface area contributed by atoms with E-state index in [4.69, 9.17) is 4.74 Å². The van der Waals surface area contributed by atoms with Crippen molar-refractivity contribution >= 4 is 51.6 Å². The molecule has 10 nitrogen and oxygen atoms in total. The Balaban J connectivity index is 1.81. The molecule has 0 saturated heterocycles. The van der Waals surface area contributed by atoms with Gasteiger partial charge in [-0.15, -0.1) is 0 Å². The number of sulfonamides is 1. The SMILES string of the molecule is COC(C)CCC1(C)C(=O)C(C2=NP(=O)(O)c3cc(NS(C)(=O)=O)ccc3N2)=C(O)c2ccccc21. The van der Waals surface area contributed by atoms with Crippen molar-refractivity contribution in [1.82, 2.24) is 0 Å². The average molecular weight is 534 g/mol. The predicted molar refractivity (Wildman–Crippen MR) is 139 cm³/mol. The van der Waals surface area contributed by atoms with Crippen molar-refractivity contribution in [3.05, 3.63) is 59.2 Å². The van der Waals surface area contributed by atoms with Crippen LogP contribution < -0.4 is 15.3 Å². The predicted octanol–water partition coefficient (Wildman–Crippen LogP) is 3.32. The van der Waals surface area contributed by atoms with Gasteiger partial charge in [-0.05, 0) is 50.5 Å². The monoisotopic (exact) mass is 533 g/mol. The number of hydrogen-bond acceptors (Lipinski definition) is 7. The Kier molecular flexibility index (Phi) is 6.63. The fourth-order valence-electron chi connectivity index (χ4n) is 4.50. The molecule has 1 aliphatic heterocycles. The fraction of sp³-hybridized carbons (Fsp3) is 0.333. The lowest BCUT2D eigenvalue weighted by Gasteiger charge is -2.37. The van der Waals surface area contributed by atoms with Crippen LogP contribution in [0.25, 0.3) is 5.76 Å². The number of carbonyl (C=O) groups is 1. The van der Waals surface area contributed by atoms with Crippen LogP contribution in [-0.4, -0.2) is 49.5 Å². The quantitative estimate of drug-likeness (QED) is 0.395. The minimum atomic E-state index is -4.43. The number of anilines is 2. The standard InChI is InChI=1S/C24H28N3O7PS/c1-14(34-3)11-12-24(2)17-8-6-5-7-16(17)21(28)20(22(24)29)23-25-18-10-9-15(27-36(4,32)33)13-19(18)35(30,31)26-23/h5-10,13-14,27-28H,11-12H2,1-4H3,(H2,25,26,30,31). The number of aliphatic hydroxyl groups excluding tert-OH is 1. The van der Waals surface area contributed by atoms with Crippen molar-refractivity contribution in [2.75, 3.05) is 23.4 Å². The zero-order valence-corrected chi connectivity index (χ0v) is 22.0. The maximum atomic E-state index is 13.9. The molecule has 1 heterocycles. The van der Waals surface area contributed by atoms with Crippen molar-refractivity contribution < 1.29 is 32.5 Å². The number of methoxy groups -OCH3 is 1. The molecule has 4 N–H and O–H groups in total. The molecule has 0 aromatic heterocycles. The second kappa shape index (κ2) is 9.15. The van der Waals surface area contributed by atoms with Crippen LogP contribution in [0.5, 0.6) is 0 Å². The first-order valence-electron chi connectivity index (χ1n) is 11.2.